The Balaban J connectivity index is 1.34. The van der Waals surface area contributed by atoms with Gasteiger partial charge in [-0.25, -0.2) is 13.8 Å². The lowest BCUT2D eigenvalue weighted by molar-refractivity contribution is -0.148. The Kier molecular flexibility index (Phi) is 4.31. The van der Waals surface area contributed by atoms with Gasteiger partial charge in [0, 0.05) is 51.8 Å². The van der Waals surface area contributed by atoms with Crippen LogP contribution in [0, 0.1) is 11.3 Å². The molecule has 1 spiro atoms. The van der Waals surface area contributed by atoms with E-state index in [9.17, 15) is 21.6 Å². The van der Waals surface area contributed by atoms with E-state index in [0.29, 0.717) is 19.0 Å². The van der Waals surface area contributed by atoms with Crippen molar-refractivity contribution in [1.29, 1.82) is 0 Å². The molecule has 26 heavy (non-hydrogen) atoms. The fraction of sp³-hybridized carbons (Fsp3) is 0.867. The lowest BCUT2D eigenvalue weighted by Gasteiger charge is -2.60. The third-order valence-corrected chi connectivity index (χ3v) is 7.49. The van der Waals surface area contributed by atoms with E-state index in [2.05, 4.69) is 10.3 Å². The molecule has 0 aromatic carbocycles. The molecule has 7 nitrogen and oxygen atoms in total. The highest BCUT2D eigenvalue weighted by Crippen LogP contribution is 2.43. The summed E-state index contributed by atoms with van der Waals surface area (Å²) >= 11 is 0. The lowest BCUT2D eigenvalue weighted by atomic mass is 9.74. The molecule has 1 N–H and O–H groups in total. The molecule has 0 aliphatic carbocycles. The van der Waals surface area contributed by atoms with Crippen molar-refractivity contribution in [3.05, 3.63) is 11.1 Å². The molecule has 0 aromatic heterocycles. The number of sulfonamides is 1. The molecule has 0 aromatic rings. The van der Waals surface area contributed by atoms with Crippen LogP contribution in [0.3, 0.4) is 0 Å². The highest BCUT2D eigenvalue weighted by Gasteiger charge is 2.56. The van der Waals surface area contributed by atoms with Crippen LogP contribution in [0.5, 0.6) is 0 Å². The second-order valence-corrected chi connectivity index (χ2v) is 9.77. The molecule has 4 rings (SSSR count). The second-order valence-electron chi connectivity index (χ2n) is 7.88. The Hall–Kier alpha value is -0.880. The number of hydrogen-bond donors (Lipinski definition) is 1. The quantitative estimate of drug-likeness (QED) is 0.732. The summed E-state index contributed by atoms with van der Waals surface area (Å²) < 4.78 is 70.5. The van der Waals surface area contributed by atoms with E-state index in [-0.39, 0.29) is 10.4 Å². The molecule has 11 heteroatoms. The van der Waals surface area contributed by atoms with Gasteiger partial charge in [0.25, 0.3) is 10.0 Å². The Bertz CT molecular complexity index is 691. The van der Waals surface area contributed by atoms with E-state index < -0.39 is 22.2 Å². The van der Waals surface area contributed by atoms with Crippen LogP contribution >= 0.6 is 0 Å². The third-order valence-electron chi connectivity index (χ3n) is 5.61. The maximum atomic E-state index is 12.8. The fourth-order valence-corrected chi connectivity index (χ4v) is 6.18. The van der Waals surface area contributed by atoms with E-state index in [1.54, 1.807) is 0 Å². The van der Waals surface area contributed by atoms with Gasteiger partial charge in [-0.05, 0) is 18.4 Å². The second kappa shape index (κ2) is 6.06. The fourth-order valence-electron chi connectivity index (χ4n) is 4.32. The van der Waals surface area contributed by atoms with Crippen LogP contribution in [0.2, 0.25) is 0 Å². The first-order valence-corrected chi connectivity index (χ1v) is 10.1. The molecule has 0 bridgehead atoms. The van der Waals surface area contributed by atoms with Gasteiger partial charge in [0.1, 0.15) is 6.04 Å². The van der Waals surface area contributed by atoms with Gasteiger partial charge >= 0.3 is 6.18 Å². The van der Waals surface area contributed by atoms with Crippen molar-refractivity contribution in [1.82, 2.24) is 19.6 Å². The SMILES string of the molecule is CN1NC(C(F)(F)F)C=C1S(=O)(=O)N1CC2(CN(CC3CCOC3)C2)C1. The van der Waals surface area contributed by atoms with Crippen LogP contribution < -0.4 is 5.43 Å². The number of nitrogens with zero attached hydrogens (tertiary/aromatic N) is 3. The molecule has 0 amide bonds. The van der Waals surface area contributed by atoms with E-state index in [4.69, 9.17) is 4.74 Å². The first-order chi connectivity index (χ1) is 12.1. The Morgan fingerprint density at radius 1 is 1.31 bits per heavy atom. The molecule has 4 heterocycles. The third kappa shape index (κ3) is 3.13. The Morgan fingerprint density at radius 3 is 2.54 bits per heavy atom. The molecular weight excluding hydrogens is 373 g/mol. The van der Waals surface area contributed by atoms with Crippen LogP contribution in [0.15, 0.2) is 11.1 Å². The van der Waals surface area contributed by atoms with Crippen LogP contribution in [-0.2, 0) is 14.8 Å². The van der Waals surface area contributed by atoms with Crippen molar-refractivity contribution < 1.29 is 26.3 Å². The van der Waals surface area contributed by atoms with Crippen LogP contribution in [-0.4, -0.2) is 87.8 Å². The number of nitrogens with one attached hydrogen (secondary N) is 1. The summed E-state index contributed by atoms with van der Waals surface area (Å²) in [6.07, 6.45) is -2.72. The summed E-state index contributed by atoms with van der Waals surface area (Å²) in [5, 5.41) is 0.625. The van der Waals surface area contributed by atoms with E-state index in [1.807, 2.05) is 0 Å². The molecule has 2 atom stereocenters. The van der Waals surface area contributed by atoms with Gasteiger partial charge in [-0.3, -0.25) is 5.01 Å². The van der Waals surface area contributed by atoms with Crippen LogP contribution in [0.4, 0.5) is 13.2 Å². The molecule has 3 fully saturated rings. The smallest absolute Gasteiger partial charge is 0.381 e. The Labute approximate surface area is 150 Å². The summed E-state index contributed by atoms with van der Waals surface area (Å²) in [4.78, 5) is 2.31. The van der Waals surface area contributed by atoms with E-state index >= 15 is 0 Å². The first-order valence-electron chi connectivity index (χ1n) is 8.68. The highest BCUT2D eigenvalue weighted by molar-refractivity contribution is 7.93. The minimum absolute atomic E-state index is 0.0406. The maximum absolute atomic E-state index is 12.8. The van der Waals surface area contributed by atoms with Crippen molar-refractivity contribution in [2.75, 3.05) is 53.0 Å². The summed E-state index contributed by atoms with van der Waals surface area (Å²) in [5.41, 5.74) is 2.10. The van der Waals surface area contributed by atoms with Crippen LogP contribution in [0.25, 0.3) is 0 Å². The molecule has 148 valence electrons. The number of hydrazine groups is 1. The topological polar surface area (TPSA) is 65.1 Å². The summed E-state index contributed by atoms with van der Waals surface area (Å²) in [7, 11) is -2.62. The summed E-state index contributed by atoms with van der Waals surface area (Å²) in [5.74, 6) is 0.551. The van der Waals surface area contributed by atoms with Gasteiger partial charge < -0.3 is 9.64 Å². The first kappa shape index (κ1) is 18.5. The molecule has 0 saturated carbocycles. The van der Waals surface area contributed by atoms with Crippen molar-refractivity contribution in [2.45, 2.75) is 18.6 Å². The normalized spacial score (nSPS) is 32.6. The summed E-state index contributed by atoms with van der Waals surface area (Å²) in [6, 6.07) is -1.97. The van der Waals surface area contributed by atoms with E-state index in [1.165, 1.54) is 11.4 Å². The van der Waals surface area contributed by atoms with Crippen molar-refractivity contribution >= 4 is 10.0 Å². The number of likely N-dealkylation sites (tertiary alicyclic amines) is 1. The number of alkyl halides is 3. The standard InChI is InChI=1S/C15H23F3N4O3S/c1-20-13(4-12(19-20)15(16,17)18)26(23,24)22-9-14(10-22)7-21(8-14)5-11-2-3-25-6-11/h4,11-12,19H,2-3,5-10H2,1H3. The number of rotatable bonds is 4. The van der Waals surface area contributed by atoms with Crippen LogP contribution in [0.1, 0.15) is 6.42 Å². The monoisotopic (exact) mass is 396 g/mol. The predicted octanol–water partition coefficient (Wildman–Crippen LogP) is 0.193. The largest absolute Gasteiger partial charge is 0.409 e. The number of ether oxygens (including phenoxy) is 1. The zero-order valence-electron chi connectivity index (χ0n) is 14.5. The minimum Gasteiger partial charge on any atom is -0.381 e. The zero-order valence-corrected chi connectivity index (χ0v) is 15.3. The van der Waals surface area contributed by atoms with Crippen molar-refractivity contribution in [2.24, 2.45) is 11.3 Å². The van der Waals surface area contributed by atoms with E-state index in [0.717, 1.165) is 50.4 Å². The average Bonchev–Trinajstić information content (AvgIpc) is 3.08. The maximum Gasteiger partial charge on any atom is 0.409 e. The molecule has 2 unspecified atom stereocenters. The minimum atomic E-state index is -4.53. The van der Waals surface area contributed by atoms with Crippen molar-refractivity contribution in [3.8, 4) is 0 Å². The van der Waals surface area contributed by atoms with Gasteiger partial charge in [-0.2, -0.15) is 17.5 Å². The highest BCUT2D eigenvalue weighted by atomic mass is 32.2. The number of hydrogen-bond acceptors (Lipinski definition) is 6. The average molecular weight is 396 g/mol. The lowest BCUT2D eigenvalue weighted by Crippen LogP contribution is -2.73. The van der Waals surface area contributed by atoms with Gasteiger partial charge in [0.2, 0.25) is 0 Å². The van der Waals surface area contributed by atoms with Crippen molar-refractivity contribution in [3.63, 3.8) is 0 Å². The molecule has 4 aliphatic rings. The van der Waals surface area contributed by atoms with Gasteiger partial charge in [-0.1, -0.05) is 0 Å². The predicted molar refractivity (Wildman–Crippen MR) is 87.1 cm³/mol. The molecule has 4 aliphatic heterocycles. The summed E-state index contributed by atoms with van der Waals surface area (Å²) in [6.45, 7) is 4.99. The van der Waals surface area contributed by atoms with Gasteiger partial charge in [-0.15, -0.1) is 0 Å². The van der Waals surface area contributed by atoms with Gasteiger partial charge in [0.05, 0.1) is 6.61 Å². The molecule has 0 radical (unpaired) electrons. The molecular formula is C15H23F3N4O3S. The molecule has 3 saturated heterocycles. The zero-order chi connectivity index (χ0) is 18.7. The van der Waals surface area contributed by atoms with Gasteiger partial charge in [0.15, 0.2) is 5.03 Å². The number of halogens is 3. The Morgan fingerprint density at radius 2 is 2.00 bits per heavy atom.